The Balaban J connectivity index is 1.86. The fourth-order valence-electron chi connectivity index (χ4n) is 1.58. The predicted molar refractivity (Wildman–Crippen MR) is 48.1 cm³/mol. The first-order valence-electron chi connectivity index (χ1n) is 4.57. The van der Waals surface area contributed by atoms with Gasteiger partial charge in [0.25, 0.3) is 0 Å². The van der Waals surface area contributed by atoms with E-state index in [1.165, 1.54) is 25.7 Å². The Bertz CT molecular complexity index is 89.6. The van der Waals surface area contributed by atoms with Crippen LogP contribution in [0.4, 0.5) is 0 Å². The van der Waals surface area contributed by atoms with Crippen molar-refractivity contribution in [3.63, 3.8) is 0 Å². The average Bonchev–Trinajstić information content (AvgIpc) is 2.50. The number of hydrogen-bond donors (Lipinski definition) is 0. The molecule has 1 fully saturated rings. The molecule has 1 nitrogen and oxygen atoms in total. The van der Waals surface area contributed by atoms with E-state index in [0.717, 1.165) is 31.4 Å². The van der Waals surface area contributed by atoms with Crippen molar-refractivity contribution in [2.24, 2.45) is 5.92 Å². The van der Waals surface area contributed by atoms with Crippen molar-refractivity contribution in [3.8, 4) is 0 Å². The maximum atomic E-state index is 5.52. The fourth-order valence-corrected chi connectivity index (χ4v) is 1.69. The zero-order valence-electron chi connectivity index (χ0n) is 7.02. The van der Waals surface area contributed by atoms with Gasteiger partial charge in [-0.25, -0.2) is 0 Å². The van der Waals surface area contributed by atoms with Gasteiger partial charge in [-0.05, 0) is 25.2 Å². The third-order valence-electron chi connectivity index (χ3n) is 2.25. The normalized spacial score (nSPS) is 19.4. The van der Waals surface area contributed by atoms with Gasteiger partial charge >= 0.3 is 0 Å². The molecule has 0 saturated heterocycles. The Morgan fingerprint density at radius 3 is 2.64 bits per heavy atom. The molecule has 0 atom stereocenters. The average molecular weight is 177 g/mol. The molecule has 0 spiro atoms. The van der Waals surface area contributed by atoms with Gasteiger partial charge in [-0.1, -0.05) is 12.8 Å². The molecule has 0 amide bonds. The van der Waals surface area contributed by atoms with Crippen LogP contribution >= 0.6 is 11.6 Å². The molecule has 0 aromatic rings. The van der Waals surface area contributed by atoms with E-state index in [9.17, 15) is 0 Å². The minimum Gasteiger partial charge on any atom is -0.381 e. The van der Waals surface area contributed by atoms with Gasteiger partial charge in [0, 0.05) is 19.1 Å². The minimum atomic E-state index is 0.727. The molecular weight excluding hydrogens is 160 g/mol. The Labute approximate surface area is 74.1 Å². The van der Waals surface area contributed by atoms with E-state index in [0.29, 0.717) is 0 Å². The van der Waals surface area contributed by atoms with E-state index in [4.69, 9.17) is 16.3 Å². The highest BCUT2D eigenvalue weighted by atomic mass is 35.5. The highest BCUT2D eigenvalue weighted by Crippen LogP contribution is 2.24. The minimum absolute atomic E-state index is 0.727. The molecule has 1 saturated carbocycles. The van der Waals surface area contributed by atoms with Crippen molar-refractivity contribution in [1.82, 2.24) is 0 Å². The molecular formula is C9H17ClO. The Morgan fingerprint density at radius 2 is 2.00 bits per heavy atom. The van der Waals surface area contributed by atoms with Crippen LogP contribution in [0.15, 0.2) is 0 Å². The maximum Gasteiger partial charge on any atom is 0.0494 e. The van der Waals surface area contributed by atoms with Crippen LogP contribution in [0.1, 0.15) is 32.1 Å². The molecule has 2 heteroatoms. The molecule has 0 bridgehead atoms. The Hall–Kier alpha value is 0.250. The van der Waals surface area contributed by atoms with Crippen LogP contribution in [0.5, 0.6) is 0 Å². The Kier molecular flexibility index (Phi) is 4.96. The van der Waals surface area contributed by atoms with E-state index in [1.807, 2.05) is 0 Å². The molecule has 11 heavy (non-hydrogen) atoms. The fraction of sp³-hybridized carbons (Fsp3) is 1.00. The van der Waals surface area contributed by atoms with Gasteiger partial charge < -0.3 is 4.74 Å². The quantitative estimate of drug-likeness (QED) is 0.463. The molecule has 0 aliphatic heterocycles. The van der Waals surface area contributed by atoms with Crippen molar-refractivity contribution in [1.29, 1.82) is 0 Å². The molecule has 0 aromatic carbocycles. The molecule has 0 heterocycles. The summed E-state index contributed by atoms with van der Waals surface area (Å²) in [5.74, 6) is 1.58. The summed E-state index contributed by atoms with van der Waals surface area (Å²) in [6, 6.07) is 0. The number of rotatable bonds is 5. The third-order valence-corrected chi connectivity index (χ3v) is 2.52. The highest BCUT2D eigenvalue weighted by Gasteiger charge is 2.14. The smallest absolute Gasteiger partial charge is 0.0494 e. The maximum absolute atomic E-state index is 5.52. The van der Waals surface area contributed by atoms with Crippen LogP contribution in [0.25, 0.3) is 0 Å². The molecule has 0 unspecified atom stereocenters. The lowest BCUT2D eigenvalue weighted by atomic mass is 10.1. The van der Waals surface area contributed by atoms with Gasteiger partial charge in [0.15, 0.2) is 0 Å². The first-order chi connectivity index (χ1) is 5.43. The van der Waals surface area contributed by atoms with Gasteiger partial charge in [-0.2, -0.15) is 0 Å². The lowest BCUT2D eigenvalue weighted by Gasteiger charge is -2.08. The van der Waals surface area contributed by atoms with Gasteiger partial charge in [0.05, 0.1) is 0 Å². The predicted octanol–water partition coefficient (Wildman–Crippen LogP) is 2.82. The zero-order chi connectivity index (χ0) is 7.94. The topological polar surface area (TPSA) is 9.23 Å². The van der Waals surface area contributed by atoms with Crippen LogP contribution in [0.2, 0.25) is 0 Å². The summed E-state index contributed by atoms with van der Waals surface area (Å²) in [6.45, 7) is 1.82. The summed E-state index contributed by atoms with van der Waals surface area (Å²) in [7, 11) is 0. The molecule has 1 rings (SSSR count). The number of ether oxygens (including phenoxy) is 1. The number of halogens is 1. The second-order valence-electron chi connectivity index (χ2n) is 3.27. The van der Waals surface area contributed by atoms with E-state index in [2.05, 4.69) is 0 Å². The zero-order valence-corrected chi connectivity index (χ0v) is 7.78. The summed E-state index contributed by atoms with van der Waals surface area (Å²) in [5.41, 5.74) is 0. The third kappa shape index (κ3) is 3.97. The van der Waals surface area contributed by atoms with Gasteiger partial charge in [-0.15, -0.1) is 11.6 Å². The lowest BCUT2D eigenvalue weighted by molar-refractivity contribution is 0.102. The van der Waals surface area contributed by atoms with E-state index < -0.39 is 0 Å². The first-order valence-corrected chi connectivity index (χ1v) is 5.10. The van der Waals surface area contributed by atoms with Crippen molar-refractivity contribution in [3.05, 3.63) is 0 Å². The van der Waals surface area contributed by atoms with Gasteiger partial charge in [0.2, 0.25) is 0 Å². The van der Waals surface area contributed by atoms with Crippen LogP contribution in [0, 0.1) is 5.92 Å². The highest BCUT2D eigenvalue weighted by molar-refractivity contribution is 6.17. The summed E-state index contributed by atoms with van der Waals surface area (Å²) in [5, 5.41) is 0. The first kappa shape index (κ1) is 9.34. The van der Waals surface area contributed by atoms with Crippen molar-refractivity contribution in [2.45, 2.75) is 32.1 Å². The SMILES string of the molecule is ClCCCOCC1CCCC1. The number of alkyl halides is 1. The molecule has 0 aromatic heterocycles. The molecule has 1 aliphatic rings. The lowest BCUT2D eigenvalue weighted by Crippen LogP contribution is -2.06. The standard InChI is InChI=1S/C9H17ClO/c10-6-3-7-11-8-9-4-1-2-5-9/h9H,1-8H2. The second kappa shape index (κ2) is 5.84. The number of hydrogen-bond acceptors (Lipinski definition) is 1. The summed E-state index contributed by atoms with van der Waals surface area (Å²) in [6.07, 6.45) is 6.56. The monoisotopic (exact) mass is 176 g/mol. The van der Waals surface area contributed by atoms with Gasteiger partial charge in [-0.3, -0.25) is 0 Å². The molecule has 0 radical (unpaired) electrons. The van der Waals surface area contributed by atoms with Crippen LogP contribution in [-0.4, -0.2) is 19.1 Å². The van der Waals surface area contributed by atoms with Gasteiger partial charge in [0.1, 0.15) is 0 Å². The van der Waals surface area contributed by atoms with Crippen LogP contribution in [-0.2, 0) is 4.74 Å². The van der Waals surface area contributed by atoms with E-state index >= 15 is 0 Å². The molecule has 1 aliphatic carbocycles. The van der Waals surface area contributed by atoms with Crippen LogP contribution in [0.3, 0.4) is 0 Å². The van der Waals surface area contributed by atoms with E-state index in [-0.39, 0.29) is 0 Å². The summed E-state index contributed by atoms with van der Waals surface area (Å²) < 4.78 is 5.47. The van der Waals surface area contributed by atoms with Crippen molar-refractivity contribution in [2.75, 3.05) is 19.1 Å². The largest absolute Gasteiger partial charge is 0.381 e. The van der Waals surface area contributed by atoms with Crippen molar-refractivity contribution >= 4 is 11.6 Å². The van der Waals surface area contributed by atoms with E-state index in [1.54, 1.807) is 0 Å². The van der Waals surface area contributed by atoms with Crippen LogP contribution < -0.4 is 0 Å². The summed E-state index contributed by atoms with van der Waals surface area (Å²) >= 11 is 5.52. The molecule has 66 valence electrons. The second-order valence-corrected chi connectivity index (χ2v) is 3.65. The van der Waals surface area contributed by atoms with Crippen molar-refractivity contribution < 1.29 is 4.74 Å². The Morgan fingerprint density at radius 1 is 1.27 bits per heavy atom. The summed E-state index contributed by atoms with van der Waals surface area (Å²) in [4.78, 5) is 0. The molecule has 0 N–H and O–H groups in total.